The summed E-state index contributed by atoms with van der Waals surface area (Å²) in [6.07, 6.45) is 45.7. The van der Waals surface area contributed by atoms with Gasteiger partial charge in [-0.25, -0.2) is 9.13 Å². The fourth-order valence-corrected chi connectivity index (χ4v) is 12.0. The first-order valence-corrected chi connectivity index (χ1v) is 39.0. The predicted molar refractivity (Wildman–Crippen MR) is 354 cm³/mol. The molecule has 0 saturated carbocycles. The molecule has 3 N–H and O–H groups in total. The number of hydrogen-bond donors (Lipinski definition) is 3. The van der Waals surface area contributed by atoms with Crippen molar-refractivity contribution in [3.63, 3.8) is 0 Å². The highest BCUT2D eigenvalue weighted by Gasteiger charge is 2.30. The maximum atomic E-state index is 13.0. The van der Waals surface area contributed by atoms with Crippen LogP contribution in [0, 0.1) is 11.8 Å². The Balaban J connectivity index is 5.24. The van der Waals surface area contributed by atoms with E-state index in [1.165, 1.54) is 167 Å². The first-order valence-electron chi connectivity index (χ1n) is 36.0. The van der Waals surface area contributed by atoms with E-state index in [9.17, 15) is 43.2 Å². The molecule has 0 bridgehead atoms. The topological polar surface area (TPSA) is 237 Å². The number of carbonyl (C=O) groups excluding carboxylic acids is 4. The second-order valence-corrected chi connectivity index (χ2v) is 28.8. The van der Waals surface area contributed by atoms with Crippen molar-refractivity contribution in [1.29, 1.82) is 0 Å². The van der Waals surface area contributed by atoms with Crippen molar-refractivity contribution in [3.8, 4) is 0 Å². The monoisotopic (exact) mass is 1300 g/mol. The Morgan fingerprint density at radius 2 is 0.523 bits per heavy atom. The molecule has 2 unspecified atom stereocenters. The van der Waals surface area contributed by atoms with Gasteiger partial charge in [0.25, 0.3) is 0 Å². The number of carbonyl (C=O) groups is 4. The molecule has 522 valence electrons. The molecule has 0 aliphatic carbocycles. The van der Waals surface area contributed by atoms with Gasteiger partial charge in [0.2, 0.25) is 0 Å². The Labute approximate surface area is 537 Å². The van der Waals surface area contributed by atoms with Crippen molar-refractivity contribution >= 4 is 39.5 Å². The molecule has 88 heavy (non-hydrogen) atoms. The zero-order chi connectivity index (χ0) is 65.0. The fraction of sp³-hybridized carbons (Fsp3) is 0.942. The number of unbranched alkanes of at least 4 members (excludes halogenated alkanes) is 38. The molecule has 5 atom stereocenters. The van der Waals surface area contributed by atoms with Crippen molar-refractivity contribution in [2.45, 2.75) is 368 Å². The molecule has 0 aromatic rings. The maximum absolute atomic E-state index is 13.0. The van der Waals surface area contributed by atoms with Crippen LogP contribution in [0.5, 0.6) is 0 Å². The van der Waals surface area contributed by atoms with Crippen LogP contribution >= 0.6 is 15.6 Å². The first kappa shape index (κ1) is 86.1. The van der Waals surface area contributed by atoms with Crippen molar-refractivity contribution in [2.75, 3.05) is 39.6 Å². The second kappa shape index (κ2) is 61.3. The molecule has 19 heteroatoms. The number of phosphoric ester groups is 2. The summed E-state index contributed by atoms with van der Waals surface area (Å²) in [6.45, 7) is 9.50. The average molecular weight is 1300 g/mol. The number of phosphoric acid groups is 2. The molecule has 0 saturated heterocycles. The number of hydrogen-bond acceptors (Lipinski definition) is 15. The third kappa shape index (κ3) is 62.8. The van der Waals surface area contributed by atoms with Crippen LogP contribution in [0.2, 0.25) is 0 Å². The van der Waals surface area contributed by atoms with Crippen molar-refractivity contribution in [2.24, 2.45) is 11.8 Å². The highest BCUT2D eigenvalue weighted by molar-refractivity contribution is 7.47. The molecule has 0 aromatic carbocycles. The maximum Gasteiger partial charge on any atom is 0.472 e. The SMILES string of the molecule is CCCCCCCCCCCCCCCCC(=O)O[C@H](COC(=O)CCCCCCCCCCCCC(C)C)COP(=O)(O)OC[C@@H](O)COP(=O)(O)OC[C@@H](COC(=O)CCCCCCCCCCC)OC(=O)CCCCCCCCCCCC(C)C. The summed E-state index contributed by atoms with van der Waals surface area (Å²) in [6, 6.07) is 0. The standard InChI is InChI=1S/C69H134O17P2/c1-7-9-11-13-15-17-18-19-20-21-29-35-41-47-53-68(73)85-65(58-80-67(72)52-46-40-34-28-23-22-26-31-37-43-49-61(3)4)60-84-88(77,78)82-56-63(70)55-81-87(75,76)83-59-64(57-79-66(71)51-45-39-33-25-16-14-12-10-8-2)86-69(74)54-48-42-36-30-24-27-32-38-44-50-62(5)6/h61-65,70H,7-60H2,1-6H3,(H,75,76)(H,77,78)/t63-,64+,65+/m0/s1. The molecular weight excluding hydrogens is 1160 g/mol. The first-order chi connectivity index (χ1) is 42.4. The van der Waals surface area contributed by atoms with Crippen LogP contribution in [0.25, 0.3) is 0 Å². The summed E-state index contributed by atoms with van der Waals surface area (Å²) < 4.78 is 68.2. The van der Waals surface area contributed by atoms with E-state index < -0.39 is 97.5 Å². The van der Waals surface area contributed by atoms with Gasteiger partial charge in [0.15, 0.2) is 12.2 Å². The number of rotatable bonds is 68. The van der Waals surface area contributed by atoms with E-state index in [1.807, 2.05) is 0 Å². The van der Waals surface area contributed by atoms with E-state index in [4.69, 9.17) is 37.0 Å². The van der Waals surface area contributed by atoms with Crippen LogP contribution in [-0.4, -0.2) is 96.7 Å². The average Bonchev–Trinajstić information content (AvgIpc) is 3.53. The Morgan fingerprint density at radius 3 is 0.773 bits per heavy atom. The van der Waals surface area contributed by atoms with Crippen LogP contribution in [0.4, 0.5) is 0 Å². The minimum atomic E-state index is -4.95. The highest BCUT2D eigenvalue weighted by atomic mass is 31.2. The van der Waals surface area contributed by atoms with Gasteiger partial charge >= 0.3 is 39.5 Å². The highest BCUT2D eigenvalue weighted by Crippen LogP contribution is 2.45. The molecule has 0 radical (unpaired) electrons. The van der Waals surface area contributed by atoms with Crippen LogP contribution < -0.4 is 0 Å². The van der Waals surface area contributed by atoms with Crippen molar-refractivity contribution in [1.82, 2.24) is 0 Å². The summed E-state index contributed by atoms with van der Waals surface area (Å²) in [5.74, 6) is -0.630. The minimum absolute atomic E-state index is 0.105. The summed E-state index contributed by atoms with van der Waals surface area (Å²) in [7, 11) is -9.90. The van der Waals surface area contributed by atoms with Crippen LogP contribution in [-0.2, 0) is 65.4 Å². The van der Waals surface area contributed by atoms with Crippen LogP contribution in [0.3, 0.4) is 0 Å². The van der Waals surface area contributed by atoms with E-state index >= 15 is 0 Å². The van der Waals surface area contributed by atoms with Gasteiger partial charge in [0.05, 0.1) is 26.4 Å². The second-order valence-electron chi connectivity index (χ2n) is 25.9. The molecule has 0 heterocycles. The van der Waals surface area contributed by atoms with E-state index in [0.29, 0.717) is 25.7 Å². The molecule has 0 rings (SSSR count). The molecule has 0 aliphatic heterocycles. The van der Waals surface area contributed by atoms with E-state index in [-0.39, 0.29) is 25.7 Å². The third-order valence-electron chi connectivity index (χ3n) is 16.0. The smallest absolute Gasteiger partial charge is 0.462 e. The molecule has 0 amide bonds. The normalized spacial score (nSPS) is 14.2. The lowest BCUT2D eigenvalue weighted by Crippen LogP contribution is -2.30. The number of ether oxygens (including phenoxy) is 4. The van der Waals surface area contributed by atoms with E-state index in [2.05, 4.69) is 41.5 Å². The van der Waals surface area contributed by atoms with Gasteiger partial charge in [-0.05, 0) is 37.5 Å². The fourth-order valence-electron chi connectivity index (χ4n) is 10.4. The summed E-state index contributed by atoms with van der Waals surface area (Å²) >= 11 is 0. The lowest BCUT2D eigenvalue weighted by Gasteiger charge is -2.21. The molecule has 0 spiro atoms. The zero-order valence-corrected chi connectivity index (χ0v) is 58.8. The van der Waals surface area contributed by atoms with Gasteiger partial charge < -0.3 is 33.8 Å². The Bertz CT molecular complexity index is 1720. The van der Waals surface area contributed by atoms with E-state index in [0.717, 1.165) is 102 Å². The Kier molecular flexibility index (Phi) is 59.9. The molecular formula is C69H134O17P2. The lowest BCUT2D eigenvalue weighted by molar-refractivity contribution is -0.161. The number of aliphatic hydroxyl groups is 1. The van der Waals surface area contributed by atoms with Gasteiger partial charge in [0, 0.05) is 25.7 Å². The Hall–Kier alpha value is -1.94. The minimum Gasteiger partial charge on any atom is -0.462 e. The predicted octanol–water partition coefficient (Wildman–Crippen LogP) is 19.6. The summed E-state index contributed by atoms with van der Waals surface area (Å²) in [5.41, 5.74) is 0. The Morgan fingerprint density at radius 1 is 0.307 bits per heavy atom. The summed E-state index contributed by atoms with van der Waals surface area (Å²) in [4.78, 5) is 72.5. The zero-order valence-electron chi connectivity index (χ0n) is 57.0. The number of aliphatic hydroxyl groups excluding tert-OH is 1. The number of esters is 4. The van der Waals surface area contributed by atoms with E-state index in [1.54, 1.807) is 0 Å². The quantitative estimate of drug-likeness (QED) is 0.0222. The van der Waals surface area contributed by atoms with Crippen LogP contribution in [0.1, 0.15) is 350 Å². The van der Waals surface area contributed by atoms with Gasteiger partial charge in [-0.1, -0.05) is 298 Å². The molecule has 0 aromatic heterocycles. The van der Waals surface area contributed by atoms with Gasteiger partial charge in [-0.2, -0.15) is 0 Å². The van der Waals surface area contributed by atoms with Gasteiger partial charge in [0.1, 0.15) is 19.3 Å². The molecule has 17 nitrogen and oxygen atoms in total. The summed E-state index contributed by atoms with van der Waals surface area (Å²) in [5, 5.41) is 10.6. The molecule has 0 fully saturated rings. The van der Waals surface area contributed by atoms with Gasteiger partial charge in [-0.15, -0.1) is 0 Å². The largest absolute Gasteiger partial charge is 0.472 e. The van der Waals surface area contributed by atoms with Gasteiger partial charge in [-0.3, -0.25) is 37.3 Å². The van der Waals surface area contributed by atoms with Crippen molar-refractivity contribution < 1.29 is 80.2 Å². The lowest BCUT2D eigenvalue weighted by atomic mass is 10.0. The van der Waals surface area contributed by atoms with Crippen LogP contribution in [0.15, 0.2) is 0 Å². The third-order valence-corrected chi connectivity index (χ3v) is 17.9. The van der Waals surface area contributed by atoms with Crippen molar-refractivity contribution in [3.05, 3.63) is 0 Å². The molecule has 0 aliphatic rings.